The standard InChI is InChI=1S/C77H129NO8/c1-3-5-7-9-11-13-15-17-19-21-23-25-27-29-31-33-34-35-36-37-38-39-41-43-45-47-49-51-53-55-57-59-61-63-65-67-73(81)78-70(69-85-77-76(84)75(83)74(82)72(68-79)86-77)71(80)66-64-62-60-58-56-54-52-50-48-46-44-42-40-32-30-28-26-24-22-20-18-16-14-12-10-8-6-4-2/h5,7,11,13,17,19,23,25,29,31,34-35,37-38,41,43,47-50,56,58,64,66,70-72,74-77,79-80,82-84H,3-4,6,8-10,12,14-16,18,20-22,24,26-28,30,32-33,36,39-40,42,44-46,51-55,57,59-63,65,67-69H2,1-2H3,(H,78,81)/b7-5-,13-11-,19-17-,25-23-,31-29-,35-34-,38-37-,43-41-,49-47-,50-48+,58-56+,66-64+. The van der Waals surface area contributed by atoms with E-state index in [1.165, 1.54) is 135 Å². The number of nitrogens with one attached hydrogen (secondary N) is 1. The summed E-state index contributed by atoms with van der Waals surface area (Å²) in [5.41, 5.74) is 0. The van der Waals surface area contributed by atoms with E-state index in [-0.39, 0.29) is 12.5 Å². The second-order valence-electron chi connectivity index (χ2n) is 23.6. The van der Waals surface area contributed by atoms with Crippen molar-refractivity contribution in [2.24, 2.45) is 0 Å². The highest BCUT2D eigenvalue weighted by Gasteiger charge is 2.44. The molecule has 1 aliphatic heterocycles. The molecule has 1 amide bonds. The molecule has 9 nitrogen and oxygen atoms in total. The maximum Gasteiger partial charge on any atom is 0.220 e. The van der Waals surface area contributed by atoms with Crippen molar-refractivity contribution in [2.75, 3.05) is 13.2 Å². The van der Waals surface area contributed by atoms with Crippen LogP contribution in [0.25, 0.3) is 0 Å². The zero-order valence-electron chi connectivity index (χ0n) is 54.8. The number of carbonyl (C=O) groups is 1. The summed E-state index contributed by atoms with van der Waals surface area (Å²) in [4.78, 5) is 13.1. The molecule has 0 spiro atoms. The van der Waals surface area contributed by atoms with Crippen LogP contribution in [0.4, 0.5) is 0 Å². The summed E-state index contributed by atoms with van der Waals surface area (Å²) >= 11 is 0. The second-order valence-corrected chi connectivity index (χ2v) is 23.6. The number of rotatable bonds is 59. The fraction of sp³-hybridized carbons (Fsp3) is 0.675. The van der Waals surface area contributed by atoms with Crippen LogP contribution in [0.2, 0.25) is 0 Å². The minimum Gasteiger partial charge on any atom is -0.394 e. The lowest BCUT2D eigenvalue weighted by molar-refractivity contribution is -0.302. The van der Waals surface area contributed by atoms with Gasteiger partial charge in [-0.2, -0.15) is 0 Å². The number of carbonyl (C=O) groups excluding carboxylic acids is 1. The van der Waals surface area contributed by atoms with E-state index in [1.807, 2.05) is 6.08 Å². The Balaban J connectivity index is 2.21. The van der Waals surface area contributed by atoms with Gasteiger partial charge in [-0.25, -0.2) is 0 Å². The number of amides is 1. The lowest BCUT2D eigenvalue weighted by Crippen LogP contribution is -2.60. The van der Waals surface area contributed by atoms with E-state index < -0.39 is 49.5 Å². The highest BCUT2D eigenvalue weighted by molar-refractivity contribution is 5.76. The van der Waals surface area contributed by atoms with Gasteiger partial charge in [-0.15, -0.1) is 0 Å². The summed E-state index contributed by atoms with van der Waals surface area (Å²) < 4.78 is 11.3. The van der Waals surface area contributed by atoms with Crippen LogP contribution in [-0.2, 0) is 14.3 Å². The zero-order chi connectivity index (χ0) is 62.1. The Kier molecular flexibility index (Phi) is 59.7. The van der Waals surface area contributed by atoms with Gasteiger partial charge < -0.3 is 40.3 Å². The van der Waals surface area contributed by atoms with Gasteiger partial charge in [0.2, 0.25) is 5.91 Å². The monoisotopic (exact) mass is 1200 g/mol. The highest BCUT2D eigenvalue weighted by Crippen LogP contribution is 2.23. The molecule has 0 aromatic carbocycles. The molecule has 9 heteroatoms. The minimum atomic E-state index is -1.59. The molecule has 0 aromatic rings. The highest BCUT2D eigenvalue weighted by atomic mass is 16.7. The Labute approximate surface area is 527 Å². The number of allylic oxidation sites excluding steroid dienone is 23. The molecule has 0 bridgehead atoms. The molecule has 1 aliphatic rings. The predicted molar refractivity (Wildman–Crippen MR) is 368 cm³/mol. The SMILES string of the molecule is CC/C=C\C/C=C\C/C=C\C/C=C\C/C=C\C/C=C\C/C=C\C/C=C\C/C=C\CCCCCCCCCC(=O)NC(COC1OC(CO)C(O)C(O)C1O)C(O)/C=C/CC/C=C/CC/C=C/CCCCCCCCCCCCCCCCCCCC. The molecular formula is C77H129NO8. The topological polar surface area (TPSA) is 149 Å². The average molecular weight is 1200 g/mol. The third-order valence-corrected chi connectivity index (χ3v) is 15.6. The normalized spacial score (nSPS) is 19.0. The van der Waals surface area contributed by atoms with E-state index in [2.05, 4.69) is 153 Å². The van der Waals surface area contributed by atoms with Crippen molar-refractivity contribution in [3.05, 3.63) is 146 Å². The van der Waals surface area contributed by atoms with Crippen molar-refractivity contribution < 1.29 is 39.8 Å². The van der Waals surface area contributed by atoms with Gasteiger partial charge in [-0.1, -0.05) is 301 Å². The van der Waals surface area contributed by atoms with Crippen molar-refractivity contribution in [2.45, 2.75) is 320 Å². The molecule has 1 rings (SSSR count). The van der Waals surface area contributed by atoms with Gasteiger partial charge >= 0.3 is 0 Å². The van der Waals surface area contributed by atoms with Crippen LogP contribution >= 0.6 is 0 Å². The third kappa shape index (κ3) is 52.1. The van der Waals surface area contributed by atoms with Crippen LogP contribution in [0.3, 0.4) is 0 Å². The largest absolute Gasteiger partial charge is 0.394 e. The van der Waals surface area contributed by atoms with Gasteiger partial charge in [-0.3, -0.25) is 4.79 Å². The van der Waals surface area contributed by atoms with Crippen molar-refractivity contribution >= 4 is 5.91 Å². The Bertz CT molecular complexity index is 1870. The summed E-state index contributed by atoms with van der Waals surface area (Å²) in [6.45, 7) is 3.65. The van der Waals surface area contributed by atoms with E-state index in [9.17, 15) is 30.3 Å². The molecule has 0 aliphatic carbocycles. The van der Waals surface area contributed by atoms with E-state index in [4.69, 9.17) is 9.47 Å². The molecule has 0 radical (unpaired) electrons. The number of aliphatic hydroxyl groups excluding tert-OH is 5. The van der Waals surface area contributed by atoms with Crippen LogP contribution < -0.4 is 5.32 Å². The van der Waals surface area contributed by atoms with Crippen molar-refractivity contribution in [3.8, 4) is 0 Å². The molecule has 0 aromatic heterocycles. The number of aliphatic hydroxyl groups is 5. The number of unbranched alkanes of at least 4 members (excludes halogenated alkanes) is 27. The van der Waals surface area contributed by atoms with Crippen LogP contribution in [0.1, 0.15) is 277 Å². The summed E-state index contributed by atoms with van der Waals surface area (Å²) in [5, 5.41) is 54.7. The van der Waals surface area contributed by atoms with E-state index in [0.29, 0.717) is 6.42 Å². The van der Waals surface area contributed by atoms with Gasteiger partial charge in [0, 0.05) is 6.42 Å². The lowest BCUT2D eigenvalue weighted by atomic mass is 9.99. The van der Waals surface area contributed by atoms with Crippen molar-refractivity contribution in [1.29, 1.82) is 0 Å². The molecule has 1 fully saturated rings. The molecular weight excluding hydrogens is 1070 g/mol. The van der Waals surface area contributed by atoms with Crippen molar-refractivity contribution in [3.63, 3.8) is 0 Å². The van der Waals surface area contributed by atoms with Crippen LogP contribution in [-0.4, -0.2) is 87.5 Å². The Hall–Kier alpha value is -3.93. The predicted octanol–water partition coefficient (Wildman–Crippen LogP) is 19.4. The molecule has 7 atom stereocenters. The third-order valence-electron chi connectivity index (χ3n) is 15.6. The van der Waals surface area contributed by atoms with Crippen LogP contribution in [0.15, 0.2) is 146 Å². The van der Waals surface area contributed by atoms with E-state index in [0.717, 1.165) is 122 Å². The van der Waals surface area contributed by atoms with Gasteiger partial charge in [0.15, 0.2) is 6.29 Å². The summed E-state index contributed by atoms with van der Waals surface area (Å²) in [7, 11) is 0. The maximum absolute atomic E-state index is 13.1. The lowest BCUT2D eigenvalue weighted by Gasteiger charge is -2.40. The molecule has 86 heavy (non-hydrogen) atoms. The van der Waals surface area contributed by atoms with Crippen LogP contribution in [0.5, 0.6) is 0 Å². The quantitative estimate of drug-likeness (QED) is 0.0261. The minimum absolute atomic E-state index is 0.206. The van der Waals surface area contributed by atoms with Crippen LogP contribution in [0, 0.1) is 0 Å². The molecule has 6 N–H and O–H groups in total. The Morgan fingerprint density at radius 2 is 0.733 bits per heavy atom. The molecule has 0 saturated carbocycles. The Morgan fingerprint density at radius 3 is 1.12 bits per heavy atom. The smallest absolute Gasteiger partial charge is 0.220 e. The zero-order valence-corrected chi connectivity index (χ0v) is 54.8. The molecule has 490 valence electrons. The number of hydrogen-bond donors (Lipinski definition) is 6. The number of hydrogen-bond acceptors (Lipinski definition) is 8. The first-order valence-corrected chi connectivity index (χ1v) is 35.1. The first kappa shape index (κ1) is 80.1. The van der Waals surface area contributed by atoms with Gasteiger partial charge in [0.1, 0.15) is 24.4 Å². The Morgan fingerprint density at radius 1 is 0.407 bits per heavy atom. The summed E-state index contributed by atoms with van der Waals surface area (Å²) in [5.74, 6) is -0.206. The summed E-state index contributed by atoms with van der Waals surface area (Å²) in [6.07, 6.45) is 92.3. The first-order valence-electron chi connectivity index (χ1n) is 35.1. The molecule has 1 saturated heterocycles. The fourth-order valence-electron chi connectivity index (χ4n) is 10.2. The average Bonchev–Trinajstić information content (AvgIpc) is 3.65. The first-order chi connectivity index (χ1) is 42.3. The fourth-order valence-corrected chi connectivity index (χ4v) is 10.2. The molecule has 7 unspecified atom stereocenters. The number of ether oxygens (including phenoxy) is 2. The molecule has 1 heterocycles. The van der Waals surface area contributed by atoms with E-state index in [1.54, 1.807) is 6.08 Å². The maximum atomic E-state index is 13.1. The summed E-state index contributed by atoms with van der Waals surface area (Å²) in [6, 6.07) is -0.847. The van der Waals surface area contributed by atoms with Gasteiger partial charge in [-0.05, 0) is 116 Å². The van der Waals surface area contributed by atoms with Crippen molar-refractivity contribution in [1.82, 2.24) is 5.32 Å². The second kappa shape index (κ2) is 64.1. The van der Waals surface area contributed by atoms with Gasteiger partial charge in [0.05, 0.1) is 25.4 Å². The van der Waals surface area contributed by atoms with Gasteiger partial charge in [0.25, 0.3) is 0 Å². The van der Waals surface area contributed by atoms with E-state index >= 15 is 0 Å².